The van der Waals surface area contributed by atoms with Crippen molar-refractivity contribution < 1.29 is 13.2 Å². The summed E-state index contributed by atoms with van der Waals surface area (Å²) in [6, 6.07) is 9.01. The van der Waals surface area contributed by atoms with Gasteiger partial charge in [0.25, 0.3) is 5.91 Å². The molecular weight excluding hydrogens is 288 g/mol. The highest BCUT2D eigenvalue weighted by atomic mass is 32.2. The molecule has 0 saturated carbocycles. The van der Waals surface area contributed by atoms with Crippen molar-refractivity contribution >= 4 is 26.6 Å². The predicted octanol–water partition coefficient (Wildman–Crippen LogP) is 1.25. The third-order valence-electron chi connectivity index (χ3n) is 4.42. The van der Waals surface area contributed by atoms with Crippen LogP contribution in [0, 0.1) is 0 Å². The third kappa shape index (κ3) is 1.93. The van der Waals surface area contributed by atoms with E-state index in [9.17, 15) is 13.2 Å². The second-order valence-electron chi connectivity index (χ2n) is 5.71. The number of nitrogens with zero attached hydrogens (tertiary/aromatic N) is 2. The standard InChI is InChI=1S/C15H14N2O3S/c18-15(17-8-13-7-12(17)9-21(13,19)20)11-3-4-14-10(6-11)2-1-5-16-14/h1-6,12-13H,7-9H2/t12-,13+/m0/s1. The number of benzene rings is 1. The molecule has 2 saturated heterocycles. The summed E-state index contributed by atoms with van der Waals surface area (Å²) in [7, 11) is -2.97. The van der Waals surface area contributed by atoms with Crippen LogP contribution in [0.3, 0.4) is 0 Å². The molecule has 2 atom stereocenters. The van der Waals surface area contributed by atoms with Gasteiger partial charge in [-0.1, -0.05) is 6.07 Å². The van der Waals surface area contributed by atoms with Crippen LogP contribution in [0.5, 0.6) is 0 Å². The van der Waals surface area contributed by atoms with Crippen molar-refractivity contribution in [1.29, 1.82) is 0 Å². The molecule has 2 aliphatic rings. The second-order valence-corrected chi connectivity index (χ2v) is 8.04. The van der Waals surface area contributed by atoms with Gasteiger partial charge in [0.05, 0.1) is 16.5 Å². The van der Waals surface area contributed by atoms with Gasteiger partial charge in [-0.05, 0) is 30.7 Å². The highest BCUT2D eigenvalue weighted by molar-refractivity contribution is 7.92. The Morgan fingerprint density at radius 1 is 1.29 bits per heavy atom. The molecule has 2 bridgehead atoms. The Bertz CT molecular complexity index is 847. The molecule has 1 aromatic heterocycles. The molecule has 0 unspecified atom stereocenters. The lowest BCUT2D eigenvalue weighted by Gasteiger charge is -2.27. The van der Waals surface area contributed by atoms with Crippen LogP contribution in [0.2, 0.25) is 0 Å². The average Bonchev–Trinajstić information content (AvgIpc) is 3.02. The van der Waals surface area contributed by atoms with Crippen molar-refractivity contribution in [3.8, 4) is 0 Å². The fraction of sp³-hybridized carbons (Fsp3) is 0.333. The first-order valence-electron chi connectivity index (χ1n) is 6.92. The van der Waals surface area contributed by atoms with Gasteiger partial charge in [0.15, 0.2) is 9.84 Å². The van der Waals surface area contributed by atoms with Gasteiger partial charge in [-0.2, -0.15) is 0 Å². The molecule has 1 amide bonds. The van der Waals surface area contributed by atoms with E-state index in [2.05, 4.69) is 4.98 Å². The van der Waals surface area contributed by atoms with Crippen molar-refractivity contribution in [3.63, 3.8) is 0 Å². The topological polar surface area (TPSA) is 67.3 Å². The quantitative estimate of drug-likeness (QED) is 0.795. The maximum Gasteiger partial charge on any atom is 0.254 e. The molecule has 4 rings (SSSR count). The number of rotatable bonds is 1. The Kier molecular flexibility index (Phi) is 2.60. The lowest BCUT2D eigenvalue weighted by atomic mass is 10.1. The SMILES string of the molecule is O=C(c1ccc2ncccc2c1)N1C[C@H]2C[C@H]1CS2(=O)=O. The molecule has 3 heterocycles. The van der Waals surface area contributed by atoms with E-state index in [1.807, 2.05) is 24.3 Å². The van der Waals surface area contributed by atoms with Crippen molar-refractivity contribution in [2.45, 2.75) is 17.7 Å². The zero-order valence-corrected chi connectivity index (χ0v) is 12.1. The summed E-state index contributed by atoms with van der Waals surface area (Å²) in [5.41, 5.74) is 1.44. The molecule has 2 aliphatic heterocycles. The van der Waals surface area contributed by atoms with E-state index < -0.39 is 9.84 Å². The number of carbonyl (C=O) groups excluding carboxylic acids is 1. The van der Waals surface area contributed by atoms with Gasteiger partial charge in [-0.25, -0.2) is 8.42 Å². The molecule has 0 N–H and O–H groups in total. The first kappa shape index (κ1) is 12.8. The van der Waals surface area contributed by atoms with E-state index in [0.717, 1.165) is 10.9 Å². The fourth-order valence-corrected chi connectivity index (χ4v) is 5.35. The van der Waals surface area contributed by atoms with Gasteiger partial charge in [-0.15, -0.1) is 0 Å². The van der Waals surface area contributed by atoms with Crippen LogP contribution in [0.25, 0.3) is 10.9 Å². The van der Waals surface area contributed by atoms with Crippen LogP contribution in [0.1, 0.15) is 16.8 Å². The lowest BCUT2D eigenvalue weighted by Crippen LogP contribution is -2.44. The average molecular weight is 302 g/mol. The summed E-state index contributed by atoms with van der Waals surface area (Å²) < 4.78 is 23.5. The number of hydrogen-bond acceptors (Lipinski definition) is 4. The summed E-state index contributed by atoms with van der Waals surface area (Å²) >= 11 is 0. The summed E-state index contributed by atoms with van der Waals surface area (Å²) in [4.78, 5) is 18.5. The summed E-state index contributed by atoms with van der Waals surface area (Å²) in [5, 5.41) is 0.550. The monoisotopic (exact) mass is 302 g/mol. The van der Waals surface area contributed by atoms with E-state index in [1.165, 1.54) is 0 Å². The van der Waals surface area contributed by atoms with Crippen molar-refractivity contribution in [2.24, 2.45) is 0 Å². The smallest absolute Gasteiger partial charge is 0.254 e. The van der Waals surface area contributed by atoms with Crippen LogP contribution >= 0.6 is 0 Å². The van der Waals surface area contributed by atoms with E-state index in [-0.39, 0.29) is 23.0 Å². The normalized spacial score (nSPS) is 26.4. The number of carbonyl (C=O) groups is 1. The zero-order valence-electron chi connectivity index (χ0n) is 11.3. The van der Waals surface area contributed by atoms with Gasteiger partial charge in [0, 0.05) is 29.7 Å². The number of amides is 1. The number of hydrogen-bond donors (Lipinski definition) is 0. The molecule has 21 heavy (non-hydrogen) atoms. The maximum absolute atomic E-state index is 12.6. The number of likely N-dealkylation sites (tertiary alicyclic amines) is 1. The van der Waals surface area contributed by atoms with E-state index in [1.54, 1.807) is 17.2 Å². The molecule has 2 aromatic rings. The van der Waals surface area contributed by atoms with Crippen molar-refractivity contribution in [1.82, 2.24) is 9.88 Å². The first-order valence-corrected chi connectivity index (χ1v) is 8.63. The Hall–Kier alpha value is -1.95. The Morgan fingerprint density at radius 3 is 2.86 bits per heavy atom. The zero-order chi connectivity index (χ0) is 14.6. The summed E-state index contributed by atoms with van der Waals surface area (Å²) in [6.45, 7) is 0.330. The maximum atomic E-state index is 12.6. The van der Waals surface area contributed by atoms with Gasteiger partial charge >= 0.3 is 0 Å². The second kappa shape index (κ2) is 4.27. The highest BCUT2D eigenvalue weighted by Gasteiger charge is 2.50. The number of fused-ring (bicyclic) bond motifs is 3. The Morgan fingerprint density at radius 2 is 2.14 bits per heavy atom. The molecule has 1 aromatic carbocycles. The molecule has 108 valence electrons. The number of pyridine rings is 1. The van der Waals surface area contributed by atoms with Crippen molar-refractivity contribution in [3.05, 3.63) is 42.1 Å². The van der Waals surface area contributed by atoms with E-state index >= 15 is 0 Å². The van der Waals surface area contributed by atoms with Gasteiger partial charge in [-0.3, -0.25) is 9.78 Å². The molecular formula is C15H14N2O3S. The van der Waals surface area contributed by atoms with Crippen LogP contribution in [0.4, 0.5) is 0 Å². The fourth-order valence-electron chi connectivity index (χ4n) is 3.32. The summed E-state index contributed by atoms with van der Waals surface area (Å²) in [5.74, 6) is 0.0293. The summed E-state index contributed by atoms with van der Waals surface area (Å²) in [6.07, 6.45) is 2.30. The van der Waals surface area contributed by atoms with Crippen LogP contribution in [-0.2, 0) is 9.84 Å². The minimum absolute atomic E-state index is 0.0804. The van der Waals surface area contributed by atoms with Crippen molar-refractivity contribution in [2.75, 3.05) is 12.3 Å². The highest BCUT2D eigenvalue weighted by Crippen LogP contribution is 2.34. The van der Waals surface area contributed by atoms with E-state index in [4.69, 9.17) is 0 Å². The minimum atomic E-state index is -2.97. The molecule has 0 radical (unpaired) electrons. The molecule has 5 nitrogen and oxygen atoms in total. The van der Waals surface area contributed by atoms with Crippen LogP contribution in [0.15, 0.2) is 36.5 Å². The van der Waals surface area contributed by atoms with Gasteiger partial charge in [0.1, 0.15) is 0 Å². The van der Waals surface area contributed by atoms with Gasteiger partial charge < -0.3 is 4.90 Å². The van der Waals surface area contributed by atoms with Gasteiger partial charge in [0.2, 0.25) is 0 Å². The number of sulfone groups is 1. The molecule has 0 aliphatic carbocycles. The lowest BCUT2D eigenvalue weighted by molar-refractivity contribution is 0.0746. The number of aromatic nitrogens is 1. The molecule has 2 fully saturated rings. The Balaban J connectivity index is 1.66. The van der Waals surface area contributed by atoms with Crippen LogP contribution in [-0.4, -0.2) is 47.8 Å². The molecule has 6 heteroatoms. The molecule has 0 spiro atoms. The van der Waals surface area contributed by atoms with E-state index in [0.29, 0.717) is 18.5 Å². The predicted molar refractivity (Wildman–Crippen MR) is 78.8 cm³/mol. The largest absolute Gasteiger partial charge is 0.333 e. The Labute approximate surface area is 122 Å². The minimum Gasteiger partial charge on any atom is -0.333 e. The first-order chi connectivity index (χ1) is 10.0. The third-order valence-corrected chi connectivity index (χ3v) is 6.63. The van der Waals surface area contributed by atoms with Crippen LogP contribution < -0.4 is 0 Å².